The number of benzene rings is 3. The van der Waals surface area contributed by atoms with Crippen molar-refractivity contribution in [2.24, 2.45) is 5.10 Å². The van der Waals surface area contributed by atoms with Crippen molar-refractivity contribution in [3.63, 3.8) is 0 Å². The van der Waals surface area contributed by atoms with Gasteiger partial charge in [-0.05, 0) is 54.1 Å². The van der Waals surface area contributed by atoms with Crippen LogP contribution in [0, 0.1) is 0 Å². The molecule has 0 atom stereocenters. The minimum absolute atomic E-state index is 0.0303. The first-order valence-corrected chi connectivity index (χ1v) is 9.54. The highest BCUT2D eigenvalue weighted by Gasteiger charge is 2.12. The average Bonchev–Trinajstić information content (AvgIpc) is 2.72. The van der Waals surface area contributed by atoms with E-state index >= 15 is 0 Å². The lowest BCUT2D eigenvalue weighted by Crippen LogP contribution is -2.21. The Morgan fingerprint density at radius 2 is 1.45 bits per heavy atom. The van der Waals surface area contributed by atoms with Crippen LogP contribution < -0.4 is 16.1 Å². The lowest BCUT2D eigenvalue weighted by molar-refractivity contribution is -0.115. The molecule has 8 nitrogen and oxygen atoms in total. The SMILES string of the molecule is CC(=O)Nc1ccc(NC(=O)C/C(C)=N/NC(=O)c2cc3ccccc3cc2O)cc1. The fourth-order valence-electron chi connectivity index (χ4n) is 2.93. The van der Waals surface area contributed by atoms with Gasteiger partial charge in [-0.3, -0.25) is 14.4 Å². The Labute approximate surface area is 179 Å². The summed E-state index contributed by atoms with van der Waals surface area (Å²) in [6.07, 6.45) is -0.0303. The number of phenolic OH excluding ortho intramolecular Hbond substituents is 1. The zero-order chi connectivity index (χ0) is 22.4. The summed E-state index contributed by atoms with van der Waals surface area (Å²) in [5.74, 6) is -1.21. The third-order valence-corrected chi connectivity index (χ3v) is 4.36. The van der Waals surface area contributed by atoms with Crippen molar-refractivity contribution in [2.45, 2.75) is 20.3 Å². The molecule has 0 aliphatic heterocycles. The molecular formula is C23H22N4O4. The van der Waals surface area contributed by atoms with Crippen molar-refractivity contribution in [3.8, 4) is 5.75 Å². The molecule has 158 valence electrons. The van der Waals surface area contributed by atoms with Crippen LogP contribution in [-0.2, 0) is 9.59 Å². The summed E-state index contributed by atoms with van der Waals surface area (Å²) < 4.78 is 0. The first-order valence-electron chi connectivity index (χ1n) is 9.54. The second-order valence-corrected chi connectivity index (χ2v) is 6.99. The van der Waals surface area contributed by atoms with Crippen LogP contribution >= 0.6 is 0 Å². The standard InChI is InChI=1S/C23H22N4O4/c1-14(11-22(30)25-19-9-7-18(8-10-19)24-15(2)28)26-27-23(31)20-12-16-5-3-4-6-17(16)13-21(20)29/h3-10,12-13,29H,11H2,1-2H3,(H,24,28)(H,25,30)(H,27,31)/b26-14+. The van der Waals surface area contributed by atoms with Crippen molar-refractivity contribution in [1.82, 2.24) is 5.43 Å². The van der Waals surface area contributed by atoms with E-state index in [9.17, 15) is 19.5 Å². The summed E-state index contributed by atoms with van der Waals surface area (Å²) in [4.78, 5) is 35.6. The average molecular weight is 418 g/mol. The minimum atomic E-state index is -0.573. The monoisotopic (exact) mass is 418 g/mol. The molecule has 4 N–H and O–H groups in total. The van der Waals surface area contributed by atoms with Crippen LogP contribution in [0.3, 0.4) is 0 Å². The van der Waals surface area contributed by atoms with Crippen molar-refractivity contribution in [2.75, 3.05) is 10.6 Å². The highest BCUT2D eigenvalue weighted by atomic mass is 16.3. The number of hydrazone groups is 1. The number of amides is 3. The quantitative estimate of drug-likeness (QED) is 0.361. The minimum Gasteiger partial charge on any atom is -0.507 e. The number of nitrogens with one attached hydrogen (secondary N) is 3. The molecule has 3 rings (SSSR count). The number of carbonyl (C=O) groups is 3. The molecule has 8 heteroatoms. The highest BCUT2D eigenvalue weighted by Crippen LogP contribution is 2.24. The van der Waals surface area contributed by atoms with E-state index in [-0.39, 0.29) is 29.5 Å². The Balaban J connectivity index is 1.57. The van der Waals surface area contributed by atoms with Crippen LogP contribution in [0.25, 0.3) is 10.8 Å². The van der Waals surface area contributed by atoms with Gasteiger partial charge < -0.3 is 15.7 Å². The van der Waals surface area contributed by atoms with Gasteiger partial charge in [-0.15, -0.1) is 0 Å². The van der Waals surface area contributed by atoms with E-state index in [0.29, 0.717) is 17.1 Å². The number of hydrogen-bond donors (Lipinski definition) is 4. The molecule has 0 bridgehead atoms. The molecule has 0 saturated heterocycles. The van der Waals surface area contributed by atoms with Crippen LogP contribution in [0.15, 0.2) is 65.8 Å². The lowest BCUT2D eigenvalue weighted by Gasteiger charge is -2.08. The van der Waals surface area contributed by atoms with E-state index in [0.717, 1.165) is 10.8 Å². The fraction of sp³-hybridized carbons (Fsp3) is 0.130. The van der Waals surface area contributed by atoms with Crippen LogP contribution in [0.4, 0.5) is 11.4 Å². The van der Waals surface area contributed by atoms with E-state index in [1.165, 1.54) is 13.0 Å². The zero-order valence-electron chi connectivity index (χ0n) is 17.1. The molecule has 0 radical (unpaired) electrons. The largest absolute Gasteiger partial charge is 0.507 e. The number of phenols is 1. The molecule has 0 saturated carbocycles. The topological polar surface area (TPSA) is 120 Å². The molecule has 0 fully saturated rings. The molecule has 3 aromatic rings. The molecule has 0 spiro atoms. The molecule has 0 aliphatic rings. The molecule has 3 aromatic carbocycles. The third-order valence-electron chi connectivity index (χ3n) is 4.36. The Kier molecular flexibility index (Phi) is 6.61. The van der Waals surface area contributed by atoms with Crippen LogP contribution in [0.5, 0.6) is 5.75 Å². The number of rotatable bonds is 6. The number of fused-ring (bicyclic) bond motifs is 1. The van der Waals surface area contributed by atoms with Crippen molar-refractivity contribution < 1.29 is 19.5 Å². The van der Waals surface area contributed by atoms with E-state index in [1.54, 1.807) is 37.3 Å². The van der Waals surface area contributed by atoms with Gasteiger partial charge in [0, 0.05) is 24.0 Å². The van der Waals surface area contributed by atoms with E-state index in [1.807, 2.05) is 24.3 Å². The molecule has 31 heavy (non-hydrogen) atoms. The molecule has 0 aromatic heterocycles. The summed E-state index contributed by atoms with van der Waals surface area (Å²) in [6, 6.07) is 17.2. The van der Waals surface area contributed by atoms with E-state index in [4.69, 9.17) is 0 Å². The van der Waals surface area contributed by atoms with E-state index < -0.39 is 5.91 Å². The fourth-order valence-corrected chi connectivity index (χ4v) is 2.93. The van der Waals surface area contributed by atoms with Gasteiger partial charge in [0.05, 0.1) is 12.0 Å². The summed E-state index contributed by atoms with van der Waals surface area (Å²) in [5.41, 5.74) is 4.05. The predicted octanol–water partition coefficient (Wildman–Crippen LogP) is 3.64. The van der Waals surface area contributed by atoms with Gasteiger partial charge in [0.15, 0.2) is 0 Å². The highest BCUT2D eigenvalue weighted by molar-refractivity contribution is 6.06. The number of nitrogens with zero attached hydrogens (tertiary/aromatic N) is 1. The summed E-state index contributed by atoms with van der Waals surface area (Å²) in [6.45, 7) is 3.03. The van der Waals surface area contributed by atoms with Gasteiger partial charge >= 0.3 is 0 Å². The molecule has 0 unspecified atom stereocenters. The summed E-state index contributed by atoms with van der Waals surface area (Å²) in [7, 11) is 0. The van der Waals surface area contributed by atoms with Gasteiger partial charge in [-0.1, -0.05) is 24.3 Å². The normalized spacial score (nSPS) is 11.1. The summed E-state index contributed by atoms with van der Waals surface area (Å²) >= 11 is 0. The summed E-state index contributed by atoms with van der Waals surface area (Å²) in [5, 5.41) is 21.1. The predicted molar refractivity (Wildman–Crippen MR) is 120 cm³/mol. The van der Waals surface area contributed by atoms with Crippen LogP contribution in [0.2, 0.25) is 0 Å². The molecule has 0 heterocycles. The van der Waals surface area contributed by atoms with Crippen molar-refractivity contribution in [1.29, 1.82) is 0 Å². The number of anilines is 2. The third kappa shape index (κ3) is 5.89. The first kappa shape index (κ1) is 21.5. The van der Waals surface area contributed by atoms with Gasteiger partial charge in [0.2, 0.25) is 11.8 Å². The zero-order valence-corrected chi connectivity index (χ0v) is 17.1. The van der Waals surface area contributed by atoms with Gasteiger partial charge in [0.25, 0.3) is 5.91 Å². The van der Waals surface area contributed by atoms with E-state index in [2.05, 4.69) is 21.2 Å². The second-order valence-electron chi connectivity index (χ2n) is 6.99. The van der Waals surface area contributed by atoms with Gasteiger partial charge in [0.1, 0.15) is 5.75 Å². The molecule has 0 aliphatic carbocycles. The number of carbonyl (C=O) groups excluding carboxylic acids is 3. The van der Waals surface area contributed by atoms with Crippen LogP contribution in [0.1, 0.15) is 30.6 Å². The van der Waals surface area contributed by atoms with Crippen molar-refractivity contribution in [3.05, 3.63) is 66.2 Å². The number of hydrogen-bond acceptors (Lipinski definition) is 5. The second kappa shape index (κ2) is 9.53. The van der Waals surface area contributed by atoms with Gasteiger partial charge in [-0.2, -0.15) is 5.10 Å². The number of aromatic hydroxyl groups is 1. The molecular weight excluding hydrogens is 396 g/mol. The maximum atomic E-state index is 12.4. The Morgan fingerprint density at radius 1 is 0.871 bits per heavy atom. The first-order chi connectivity index (χ1) is 14.8. The lowest BCUT2D eigenvalue weighted by atomic mass is 10.1. The Morgan fingerprint density at radius 3 is 2.06 bits per heavy atom. The van der Waals surface area contributed by atoms with Crippen LogP contribution in [-0.4, -0.2) is 28.5 Å². The Hall–Kier alpha value is -4.20. The smallest absolute Gasteiger partial charge is 0.275 e. The maximum Gasteiger partial charge on any atom is 0.275 e. The Bertz CT molecular complexity index is 1170. The maximum absolute atomic E-state index is 12.4. The van der Waals surface area contributed by atoms with Crippen molar-refractivity contribution >= 4 is 45.6 Å². The van der Waals surface area contributed by atoms with Gasteiger partial charge in [-0.25, -0.2) is 5.43 Å². The molecule has 3 amide bonds.